The third-order valence-corrected chi connectivity index (χ3v) is 15.0. The molecule has 0 bridgehead atoms. The molecular formula is C35H26Cl2F2Zr. The van der Waals surface area contributed by atoms with Gasteiger partial charge in [-0.05, 0) is 0 Å². The molecule has 4 aromatic rings. The average Bonchev–Trinajstić information content (AvgIpc) is 3.60. The monoisotopic (exact) mass is 644 g/mol. The third-order valence-electron chi connectivity index (χ3n) is 7.41. The van der Waals surface area contributed by atoms with Gasteiger partial charge in [-0.1, -0.05) is 0 Å². The zero-order valence-corrected chi connectivity index (χ0v) is 25.7. The SMILES string of the molecule is C=Cc1ccc2c(c1)-c1cc(C=C)c[c]([Zr+2]([C]3=CC=CC3)=[C](c3ccc(F)cc3)c3ccc(F)cc3)c1C2.[Cl-].[Cl-]. The molecule has 40 heavy (non-hydrogen) atoms. The zero-order chi connectivity index (χ0) is 26.2. The Bertz CT molecular complexity index is 1650. The van der Waals surface area contributed by atoms with Gasteiger partial charge in [-0.15, -0.1) is 0 Å². The minimum atomic E-state index is -2.90. The predicted molar refractivity (Wildman–Crippen MR) is 152 cm³/mol. The van der Waals surface area contributed by atoms with Crippen LogP contribution in [0.1, 0.15) is 39.8 Å². The first-order chi connectivity index (χ1) is 18.6. The molecule has 0 aromatic heterocycles. The molecule has 0 saturated carbocycles. The summed E-state index contributed by atoms with van der Waals surface area (Å²) in [6.45, 7) is 8.08. The summed E-state index contributed by atoms with van der Waals surface area (Å²) in [5, 5.41) is 0. The number of allylic oxidation sites excluding steroid dienone is 4. The Morgan fingerprint density at radius 1 is 0.725 bits per heavy atom. The third kappa shape index (κ3) is 5.61. The van der Waals surface area contributed by atoms with Crippen molar-refractivity contribution >= 4 is 18.6 Å². The number of rotatable bonds is 6. The van der Waals surface area contributed by atoms with Gasteiger partial charge < -0.3 is 24.8 Å². The van der Waals surface area contributed by atoms with Crippen LogP contribution in [0.2, 0.25) is 0 Å². The Morgan fingerprint density at radius 2 is 1.32 bits per heavy atom. The fraction of sp³-hybridized carbons (Fsp3) is 0.0571. The van der Waals surface area contributed by atoms with E-state index >= 15 is 0 Å². The van der Waals surface area contributed by atoms with Crippen molar-refractivity contribution in [3.8, 4) is 11.1 Å². The van der Waals surface area contributed by atoms with E-state index in [2.05, 4.69) is 61.7 Å². The number of benzene rings is 4. The van der Waals surface area contributed by atoms with E-state index in [1.54, 1.807) is 0 Å². The minimum absolute atomic E-state index is 0. The van der Waals surface area contributed by atoms with Crippen LogP contribution in [0, 0.1) is 11.6 Å². The normalized spacial score (nSPS) is 12.2. The molecule has 0 nitrogen and oxygen atoms in total. The van der Waals surface area contributed by atoms with E-state index < -0.39 is 21.3 Å². The molecule has 198 valence electrons. The van der Waals surface area contributed by atoms with Crippen molar-refractivity contribution < 1.29 is 54.9 Å². The molecule has 0 amide bonds. The van der Waals surface area contributed by atoms with E-state index in [-0.39, 0.29) is 36.4 Å². The Kier molecular flexibility index (Phi) is 9.52. The fourth-order valence-electron chi connectivity index (χ4n) is 5.57. The molecule has 0 aliphatic heterocycles. The predicted octanol–water partition coefficient (Wildman–Crippen LogP) is 2.19. The standard InChI is InChI=1S/C17H13.C13H8F2.C5H5.2ClH.Zr/c1-3-12-5-7-14-11-15-8-6-13(4-2)10-17(15)16(14)9-12;14-12-5-1-10(2-6-12)9-11-3-7-13(15)8-4-11;1-2-4-5-3-1;;;/h3-7,9-10H,1-2,11H2;1-8H;1-3H,4H2;2*1H;/q;;;;;+2/p-2. The summed E-state index contributed by atoms with van der Waals surface area (Å²) in [5.41, 5.74) is 9.42. The smallest absolute Gasteiger partial charge is 1.00 e. The second kappa shape index (κ2) is 12.7. The van der Waals surface area contributed by atoms with Crippen molar-refractivity contribution in [2.45, 2.75) is 12.8 Å². The van der Waals surface area contributed by atoms with Gasteiger partial charge in [-0.3, -0.25) is 0 Å². The molecular weight excluding hydrogens is 621 g/mol. The maximum Gasteiger partial charge on any atom is -1.00 e. The Morgan fingerprint density at radius 3 is 1.88 bits per heavy atom. The van der Waals surface area contributed by atoms with Gasteiger partial charge in [0.05, 0.1) is 0 Å². The molecule has 2 aliphatic rings. The summed E-state index contributed by atoms with van der Waals surface area (Å²) in [4.78, 5) is 0. The Balaban J connectivity index is 0.00000185. The van der Waals surface area contributed by atoms with Crippen LogP contribution in [0.3, 0.4) is 0 Å². The van der Waals surface area contributed by atoms with Gasteiger partial charge in [0, 0.05) is 0 Å². The molecule has 2 aliphatic carbocycles. The molecule has 0 heterocycles. The Labute approximate surface area is 254 Å². The molecule has 4 aromatic carbocycles. The fourth-order valence-corrected chi connectivity index (χ4v) is 13.6. The number of fused-ring (bicyclic) bond motifs is 3. The molecule has 6 rings (SSSR count). The van der Waals surface area contributed by atoms with Gasteiger partial charge in [0.1, 0.15) is 0 Å². The molecule has 0 saturated heterocycles. The van der Waals surface area contributed by atoms with Crippen molar-refractivity contribution in [2.24, 2.45) is 0 Å². The van der Waals surface area contributed by atoms with Gasteiger partial charge in [0.25, 0.3) is 0 Å². The van der Waals surface area contributed by atoms with Gasteiger partial charge in [0.15, 0.2) is 0 Å². The molecule has 0 atom stereocenters. The van der Waals surface area contributed by atoms with Crippen LogP contribution in [-0.4, -0.2) is 3.21 Å². The first-order valence-electron chi connectivity index (χ1n) is 12.7. The number of halogens is 4. The molecule has 0 spiro atoms. The van der Waals surface area contributed by atoms with Crippen LogP contribution in [0.15, 0.2) is 114 Å². The van der Waals surface area contributed by atoms with Crippen LogP contribution < -0.4 is 28.1 Å². The molecule has 5 heteroatoms. The van der Waals surface area contributed by atoms with Crippen LogP contribution in [0.25, 0.3) is 23.3 Å². The summed E-state index contributed by atoms with van der Waals surface area (Å²) in [5.74, 6) is -0.524. The van der Waals surface area contributed by atoms with E-state index in [1.165, 1.54) is 56.3 Å². The zero-order valence-electron chi connectivity index (χ0n) is 21.7. The second-order valence-corrected chi connectivity index (χ2v) is 15.7. The van der Waals surface area contributed by atoms with Crippen molar-refractivity contribution in [1.82, 2.24) is 0 Å². The second-order valence-electron chi connectivity index (χ2n) is 9.68. The average molecular weight is 647 g/mol. The van der Waals surface area contributed by atoms with Crippen molar-refractivity contribution in [3.63, 3.8) is 0 Å². The van der Waals surface area contributed by atoms with Crippen LogP contribution in [0.4, 0.5) is 8.78 Å². The van der Waals surface area contributed by atoms with Gasteiger partial charge >= 0.3 is 231 Å². The van der Waals surface area contributed by atoms with E-state index in [1.807, 2.05) is 36.4 Å². The van der Waals surface area contributed by atoms with Gasteiger partial charge in [-0.25, -0.2) is 0 Å². The number of hydrogen-bond donors (Lipinski definition) is 0. The summed E-state index contributed by atoms with van der Waals surface area (Å²) >= 11 is -2.90. The largest absolute Gasteiger partial charge is 1.00 e. The Hall–Kier alpha value is -2.97. The minimum Gasteiger partial charge on any atom is -1.00 e. The molecule has 0 N–H and O–H groups in total. The van der Waals surface area contributed by atoms with Crippen molar-refractivity contribution in [3.05, 3.63) is 159 Å². The van der Waals surface area contributed by atoms with Crippen molar-refractivity contribution in [1.29, 1.82) is 0 Å². The maximum absolute atomic E-state index is 14.0. The molecule has 0 fully saturated rings. The maximum atomic E-state index is 14.0. The van der Waals surface area contributed by atoms with Gasteiger partial charge in [0.2, 0.25) is 0 Å². The first kappa shape index (κ1) is 30.0. The van der Waals surface area contributed by atoms with E-state index in [0.29, 0.717) is 0 Å². The van der Waals surface area contributed by atoms with Crippen LogP contribution in [-0.2, 0) is 27.7 Å². The van der Waals surface area contributed by atoms with Crippen LogP contribution in [0.5, 0.6) is 0 Å². The number of hydrogen-bond acceptors (Lipinski definition) is 0. The van der Waals surface area contributed by atoms with Crippen molar-refractivity contribution in [2.75, 3.05) is 0 Å². The first-order valence-corrected chi connectivity index (χ1v) is 16.4. The summed E-state index contributed by atoms with van der Waals surface area (Å²) in [6, 6.07) is 24.8. The summed E-state index contributed by atoms with van der Waals surface area (Å²) in [7, 11) is 0. The van der Waals surface area contributed by atoms with Gasteiger partial charge in [-0.2, -0.15) is 0 Å². The summed E-state index contributed by atoms with van der Waals surface area (Å²) < 4.78 is 32.2. The molecule has 0 unspecified atom stereocenters. The van der Waals surface area contributed by atoms with Crippen LogP contribution >= 0.6 is 0 Å². The summed E-state index contributed by atoms with van der Waals surface area (Å²) in [6.07, 6.45) is 12.2. The topological polar surface area (TPSA) is 0 Å². The van der Waals surface area contributed by atoms with E-state index in [0.717, 1.165) is 35.1 Å². The van der Waals surface area contributed by atoms with E-state index in [4.69, 9.17) is 0 Å². The molecule has 0 radical (unpaired) electrons. The quantitative estimate of drug-likeness (QED) is 0.266. The van der Waals surface area contributed by atoms with E-state index in [9.17, 15) is 8.78 Å².